The van der Waals surface area contributed by atoms with Crippen molar-refractivity contribution in [3.8, 4) is 5.75 Å². The number of amides is 1. The summed E-state index contributed by atoms with van der Waals surface area (Å²) >= 11 is 3.58. The number of carbonyl (C=O) groups is 1. The maximum atomic E-state index is 11.9. The second-order valence-electron chi connectivity index (χ2n) is 5.33. The molecule has 0 aliphatic heterocycles. The number of hydrazone groups is 1. The number of phenols is 1. The molecule has 0 aliphatic carbocycles. The van der Waals surface area contributed by atoms with Gasteiger partial charge in [0, 0.05) is 10.0 Å². The number of nitrogens with one attached hydrogen (secondary N) is 1. The fraction of sp³-hybridized carbons (Fsp3) is 0.0526. The van der Waals surface area contributed by atoms with Gasteiger partial charge in [0.05, 0.1) is 12.6 Å². The SMILES string of the molecule is O=C(Cc1cccc(O)c1)NN=Cc1ccc2ccccc2c1Br. The van der Waals surface area contributed by atoms with Crippen molar-refractivity contribution in [1.29, 1.82) is 0 Å². The summed E-state index contributed by atoms with van der Waals surface area (Å²) in [7, 11) is 0. The van der Waals surface area contributed by atoms with Crippen LogP contribution in [0.4, 0.5) is 0 Å². The summed E-state index contributed by atoms with van der Waals surface area (Å²) in [4.78, 5) is 11.9. The highest BCUT2D eigenvalue weighted by molar-refractivity contribution is 9.10. The average Bonchev–Trinajstić information content (AvgIpc) is 2.57. The molecule has 0 fully saturated rings. The second kappa shape index (κ2) is 7.27. The molecule has 24 heavy (non-hydrogen) atoms. The molecule has 1 amide bonds. The Morgan fingerprint density at radius 3 is 2.79 bits per heavy atom. The van der Waals surface area contributed by atoms with Crippen molar-refractivity contribution in [2.45, 2.75) is 6.42 Å². The first kappa shape index (κ1) is 16.2. The van der Waals surface area contributed by atoms with Gasteiger partial charge in [0.15, 0.2) is 0 Å². The van der Waals surface area contributed by atoms with Crippen molar-refractivity contribution in [3.05, 3.63) is 76.3 Å². The molecule has 4 nitrogen and oxygen atoms in total. The minimum absolute atomic E-state index is 0.142. The molecule has 0 unspecified atom stereocenters. The quantitative estimate of drug-likeness (QED) is 0.529. The van der Waals surface area contributed by atoms with E-state index >= 15 is 0 Å². The van der Waals surface area contributed by atoms with Gasteiger partial charge >= 0.3 is 0 Å². The summed E-state index contributed by atoms with van der Waals surface area (Å²) in [5, 5.41) is 15.6. The van der Waals surface area contributed by atoms with Crippen molar-refractivity contribution in [2.24, 2.45) is 5.10 Å². The molecule has 5 heteroatoms. The van der Waals surface area contributed by atoms with E-state index in [1.165, 1.54) is 0 Å². The van der Waals surface area contributed by atoms with Gasteiger partial charge in [-0.15, -0.1) is 0 Å². The number of benzene rings is 3. The fourth-order valence-corrected chi connectivity index (χ4v) is 3.01. The molecule has 0 atom stereocenters. The Morgan fingerprint density at radius 1 is 1.12 bits per heavy atom. The van der Waals surface area contributed by atoms with E-state index in [1.54, 1.807) is 30.5 Å². The minimum Gasteiger partial charge on any atom is -0.508 e. The summed E-state index contributed by atoms with van der Waals surface area (Å²) < 4.78 is 0.937. The summed E-state index contributed by atoms with van der Waals surface area (Å²) in [5.41, 5.74) is 4.11. The Bertz CT molecular complexity index is 922. The van der Waals surface area contributed by atoms with E-state index in [2.05, 4.69) is 26.5 Å². The molecule has 3 rings (SSSR count). The highest BCUT2D eigenvalue weighted by Gasteiger charge is 2.04. The van der Waals surface area contributed by atoms with Crippen LogP contribution >= 0.6 is 15.9 Å². The number of carbonyl (C=O) groups excluding carboxylic acids is 1. The molecule has 3 aromatic rings. The molecule has 3 aromatic carbocycles. The Labute approximate surface area is 148 Å². The fourth-order valence-electron chi connectivity index (χ4n) is 2.42. The van der Waals surface area contributed by atoms with Gasteiger partial charge in [0.25, 0.3) is 0 Å². The number of rotatable bonds is 4. The van der Waals surface area contributed by atoms with Crippen LogP contribution in [0, 0.1) is 0 Å². The number of nitrogens with zero attached hydrogens (tertiary/aromatic N) is 1. The van der Waals surface area contributed by atoms with E-state index in [9.17, 15) is 9.90 Å². The largest absolute Gasteiger partial charge is 0.508 e. The van der Waals surface area contributed by atoms with Crippen LogP contribution in [0.3, 0.4) is 0 Å². The molecule has 0 spiro atoms. The zero-order chi connectivity index (χ0) is 16.9. The summed E-state index contributed by atoms with van der Waals surface area (Å²) in [5.74, 6) is -0.0994. The van der Waals surface area contributed by atoms with Gasteiger partial charge in [-0.3, -0.25) is 4.79 Å². The van der Waals surface area contributed by atoms with Crippen LogP contribution in [-0.2, 0) is 11.2 Å². The van der Waals surface area contributed by atoms with Crippen LogP contribution in [-0.4, -0.2) is 17.2 Å². The molecule has 0 aliphatic rings. The minimum atomic E-state index is -0.242. The molecule has 120 valence electrons. The van der Waals surface area contributed by atoms with Gasteiger partial charge in [-0.25, -0.2) is 5.43 Å². The van der Waals surface area contributed by atoms with E-state index in [1.807, 2.05) is 36.4 Å². The summed E-state index contributed by atoms with van der Waals surface area (Å²) in [6.07, 6.45) is 1.77. The lowest BCUT2D eigenvalue weighted by Crippen LogP contribution is -2.19. The first-order chi connectivity index (χ1) is 11.6. The third kappa shape index (κ3) is 3.81. The maximum absolute atomic E-state index is 11.9. The predicted octanol–water partition coefficient (Wildman–Crippen LogP) is 4.00. The first-order valence-corrected chi connectivity index (χ1v) is 8.20. The van der Waals surface area contributed by atoms with Gasteiger partial charge in [0.2, 0.25) is 5.91 Å². The van der Waals surface area contributed by atoms with Gasteiger partial charge in [0.1, 0.15) is 5.75 Å². The van der Waals surface area contributed by atoms with E-state index in [4.69, 9.17) is 0 Å². The topological polar surface area (TPSA) is 61.7 Å². The van der Waals surface area contributed by atoms with Crippen LogP contribution in [0.25, 0.3) is 10.8 Å². The monoisotopic (exact) mass is 382 g/mol. The first-order valence-electron chi connectivity index (χ1n) is 7.40. The lowest BCUT2D eigenvalue weighted by atomic mass is 10.1. The maximum Gasteiger partial charge on any atom is 0.244 e. The molecular formula is C19H15BrN2O2. The number of halogens is 1. The Balaban J connectivity index is 1.68. The van der Waals surface area contributed by atoms with Crippen LogP contribution in [0.1, 0.15) is 11.1 Å². The van der Waals surface area contributed by atoms with Crippen LogP contribution in [0.2, 0.25) is 0 Å². The molecule has 0 radical (unpaired) electrons. The number of fused-ring (bicyclic) bond motifs is 1. The molecular weight excluding hydrogens is 368 g/mol. The summed E-state index contributed by atoms with van der Waals surface area (Å²) in [6, 6.07) is 18.6. The Kier molecular flexibility index (Phi) is 4.91. The molecule has 0 aromatic heterocycles. The third-order valence-electron chi connectivity index (χ3n) is 3.56. The van der Waals surface area contributed by atoms with E-state index in [0.717, 1.165) is 26.4 Å². The number of phenolic OH excluding ortho intramolecular Hbond substituents is 1. The van der Waals surface area contributed by atoms with Crippen molar-refractivity contribution < 1.29 is 9.90 Å². The zero-order valence-corrected chi connectivity index (χ0v) is 14.3. The van der Waals surface area contributed by atoms with Crippen molar-refractivity contribution in [1.82, 2.24) is 5.43 Å². The lowest BCUT2D eigenvalue weighted by molar-refractivity contribution is -0.120. The van der Waals surface area contributed by atoms with Crippen molar-refractivity contribution in [2.75, 3.05) is 0 Å². The van der Waals surface area contributed by atoms with E-state index < -0.39 is 0 Å². The molecule has 0 bridgehead atoms. The van der Waals surface area contributed by atoms with Gasteiger partial charge in [-0.1, -0.05) is 48.5 Å². The average molecular weight is 383 g/mol. The standard InChI is InChI=1S/C19H15BrN2O2/c20-19-15(9-8-14-5-1-2-7-17(14)19)12-21-22-18(24)11-13-4-3-6-16(23)10-13/h1-10,12,23H,11H2,(H,22,24). The van der Waals surface area contributed by atoms with Gasteiger partial charge in [-0.2, -0.15) is 5.10 Å². The molecule has 2 N–H and O–H groups in total. The van der Waals surface area contributed by atoms with Crippen LogP contribution < -0.4 is 5.43 Å². The number of hydrogen-bond donors (Lipinski definition) is 2. The highest BCUT2D eigenvalue weighted by Crippen LogP contribution is 2.26. The zero-order valence-electron chi connectivity index (χ0n) is 12.7. The molecule has 0 heterocycles. The number of aromatic hydroxyl groups is 1. The lowest BCUT2D eigenvalue weighted by Gasteiger charge is -2.04. The third-order valence-corrected chi connectivity index (χ3v) is 4.45. The van der Waals surface area contributed by atoms with Gasteiger partial charge < -0.3 is 5.11 Å². The number of hydrogen-bond acceptors (Lipinski definition) is 3. The Morgan fingerprint density at radius 2 is 1.96 bits per heavy atom. The predicted molar refractivity (Wildman–Crippen MR) is 99.2 cm³/mol. The van der Waals surface area contributed by atoms with E-state index in [-0.39, 0.29) is 18.1 Å². The van der Waals surface area contributed by atoms with Crippen LogP contribution in [0.15, 0.2) is 70.2 Å². The Hall–Kier alpha value is -2.66. The molecule has 0 saturated carbocycles. The van der Waals surface area contributed by atoms with Crippen LogP contribution in [0.5, 0.6) is 5.75 Å². The molecule has 0 saturated heterocycles. The normalized spacial score (nSPS) is 11.0. The summed E-state index contributed by atoms with van der Waals surface area (Å²) in [6.45, 7) is 0. The highest BCUT2D eigenvalue weighted by atomic mass is 79.9. The smallest absolute Gasteiger partial charge is 0.244 e. The van der Waals surface area contributed by atoms with Crippen molar-refractivity contribution >= 4 is 38.8 Å². The van der Waals surface area contributed by atoms with Crippen molar-refractivity contribution in [3.63, 3.8) is 0 Å². The van der Waals surface area contributed by atoms with Gasteiger partial charge in [-0.05, 0) is 44.4 Å². The second-order valence-corrected chi connectivity index (χ2v) is 6.12. The van der Waals surface area contributed by atoms with E-state index in [0.29, 0.717) is 0 Å².